The van der Waals surface area contributed by atoms with Gasteiger partial charge in [-0.1, -0.05) is 43.3 Å². The third-order valence-corrected chi connectivity index (χ3v) is 4.85. The van der Waals surface area contributed by atoms with E-state index in [9.17, 15) is 0 Å². The predicted octanol–water partition coefficient (Wildman–Crippen LogP) is 4.77. The van der Waals surface area contributed by atoms with Crippen molar-refractivity contribution in [3.8, 4) is 0 Å². The van der Waals surface area contributed by atoms with E-state index in [2.05, 4.69) is 60.8 Å². The van der Waals surface area contributed by atoms with Gasteiger partial charge in [-0.15, -0.1) is 11.8 Å². The third kappa shape index (κ3) is 3.01. The van der Waals surface area contributed by atoms with Crippen molar-refractivity contribution in [1.82, 2.24) is 0 Å². The van der Waals surface area contributed by atoms with Crippen LogP contribution in [-0.2, 0) is 12.8 Å². The second-order valence-electron chi connectivity index (χ2n) is 5.28. The Bertz CT molecular complexity index is 579. The largest absolute Gasteiger partial charge is 0.381 e. The Labute approximate surface area is 125 Å². The van der Waals surface area contributed by atoms with E-state index in [-0.39, 0.29) is 0 Å². The molecule has 1 aliphatic carbocycles. The number of para-hydroxylation sites is 1. The highest BCUT2D eigenvalue weighted by atomic mass is 32.2. The lowest BCUT2D eigenvalue weighted by atomic mass is 9.88. The molecule has 0 aromatic heterocycles. The van der Waals surface area contributed by atoms with E-state index in [0.29, 0.717) is 6.04 Å². The molecule has 0 bridgehead atoms. The molecular weight excluding hydrogens is 262 g/mol. The summed E-state index contributed by atoms with van der Waals surface area (Å²) >= 11 is 1.91. The van der Waals surface area contributed by atoms with E-state index in [0.717, 1.165) is 12.2 Å². The summed E-state index contributed by atoms with van der Waals surface area (Å²) in [6.45, 7) is 2.21. The number of anilines is 1. The summed E-state index contributed by atoms with van der Waals surface area (Å²) in [5.41, 5.74) is 4.34. The van der Waals surface area contributed by atoms with Gasteiger partial charge in [-0.25, -0.2) is 0 Å². The van der Waals surface area contributed by atoms with Crippen LogP contribution in [0.3, 0.4) is 0 Å². The fourth-order valence-corrected chi connectivity index (χ4v) is 3.68. The lowest BCUT2D eigenvalue weighted by Gasteiger charge is -2.27. The Morgan fingerprint density at radius 2 is 1.80 bits per heavy atom. The summed E-state index contributed by atoms with van der Waals surface area (Å²) in [6, 6.07) is 18.1. The summed E-state index contributed by atoms with van der Waals surface area (Å²) < 4.78 is 0. The number of fused-ring (bicyclic) bond motifs is 1. The molecule has 1 unspecified atom stereocenters. The van der Waals surface area contributed by atoms with Crippen molar-refractivity contribution < 1.29 is 0 Å². The number of hydrogen-bond donors (Lipinski definition) is 1. The minimum Gasteiger partial charge on any atom is -0.381 e. The van der Waals surface area contributed by atoms with Gasteiger partial charge in [0.25, 0.3) is 0 Å². The minimum absolute atomic E-state index is 0.559. The summed E-state index contributed by atoms with van der Waals surface area (Å²) in [6.07, 6.45) is 3.56. The van der Waals surface area contributed by atoms with Gasteiger partial charge in [0.05, 0.1) is 0 Å². The van der Waals surface area contributed by atoms with Crippen LogP contribution in [0, 0.1) is 0 Å². The normalized spacial score (nSPS) is 17.6. The molecule has 20 heavy (non-hydrogen) atoms. The zero-order valence-corrected chi connectivity index (χ0v) is 12.7. The van der Waals surface area contributed by atoms with E-state index >= 15 is 0 Å². The Balaban J connectivity index is 1.74. The van der Waals surface area contributed by atoms with Gasteiger partial charge in [0.1, 0.15) is 0 Å². The molecule has 0 heterocycles. The molecule has 0 radical (unpaired) electrons. The smallest absolute Gasteiger partial charge is 0.0480 e. The topological polar surface area (TPSA) is 12.0 Å². The molecule has 1 N–H and O–H groups in total. The molecule has 1 aliphatic rings. The quantitative estimate of drug-likeness (QED) is 0.811. The lowest BCUT2D eigenvalue weighted by Crippen LogP contribution is -2.27. The molecule has 0 saturated carbocycles. The van der Waals surface area contributed by atoms with Crippen LogP contribution in [0.15, 0.2) is 53.4 Å². The molecule has 0 aliphatic heterocycles. The first-order chi connectivity index (χ1) is 9.86. The van der Waals surface area contributed by atoms with Crippen molar-refractivity contribution in [2.24, 2.45) is 0 Å². The maximum atomic E-state index is 3.75. The number of thioether (sulfide) groups is 1. The first-order valence-electron chi connectivity index (χ1n) is 7.42. The molecule has 3 rings (SSSR count). The highest BCUT2D eigenvalue weighted by Crippen LogP contribution is 2.29. The van der Waals surface area contributed by atoms with Gasteiger partial charge in [0.2, 0.25) is 0 Å². The average molecular weight is 283 g/mol. The van der Waals surface area contributed by atoms with Crippen LogP contribution in [0.2, 0.25) is 0 Å². The first kappa shape index (κ1) is 13.6. The Hall–Kier alpha value is -1.41. The lowest BCUT2D eigenvalue weighted by molar-refractivity contribution is 0.610. The predicted molar refractivity (Wildman–Crippen MR) is 88.7 cm³/mol. The van der Waals surface area contributed by atoms with E-state index in [1.165, 1.54) is 34.6 Å². The van der Waals surface area contributed by atoms with Crippen LogP contribution in [0.1, 0.15) is 24.5 Å². The van der Waals surface area contributed by atoms with Crippen molar-refractivity contribution in [1.29, 1.82) is 0 Å². The van der Waals surface area contributed by atoms with Crippen molar-refractivity contribution >= 4 is 17.4 Å². The first-order valence-corrected chi connectivity index (χ1v) is 8.40. The molecule has 1 atom stereocenters. The molecule has 2 aromatic carbocycles. The van der Waals surface area contributed by atoms with Crippen LogP contribution < -0.4 is 5.32 Å². The van der Waals surface area contributed by atoms with Crippen LogP contribution in [-0.4, -0.2) is 11.8 Å². The Morgan fingerprint density at radius 3 is 2.65 bits per heavy atom. The molecule has 0 spiro atoms. The third-order valence-electron chi connectivity index (χ3n) is 3.89. The van der Waals surface area contributed by atoms with E-state index in [4.69, 9.17) is 0 Å². The summed E-state index contributed by atoms with van der Waals surface area (Å²) in [4.78, 5) is 1.37. The summed E-state index contributed by atoms with van der Waals surface area (Å²) in [5.74, 6) is 1.12. The maximum absolute atomic E-state index is 3.75. The van der Waals surface area contributed by atoms with Crippen LogP contribution >= 0.6 is 11.8 Å². The van der Waals surface area contributed by atoms with E-state index in [1.807, 2.05) is 11.8 Å². The van der Waals surface area contributed by atoms with Crippen LogP contribution in [0.25, 0.3) is 0 Å². The number of nitrogens with one attached hydrogen (secondary N) is 1. The average Bonchev–Trinajstić information content (AvgIpc) is 2.49. The maximum Gasteiger partial charge on any atom is 0.0480 e. The SMILES string of the molecule is CCSc1ccccc1NC1CCc2ccccc2C1. The summed E-state index contributed by atoms with van der Waals surface area (Å²) in [7, 11) is 0. The summed E-state index contributed by atoms with van der Waals surface area (Å²) in [5, 5.41) is 3.75. The second kappa shape index (κ2) is 6.36. The van der Waals surface area contributed by atoms with Gasteiger partial charge >= 0.3 is 0 Å². The highest BCUT2D eigenvalue weighted by molar-refractivity contribution is 7.99. The molecule has 0 amide bonds. The number of benzene rings is 2. The molecular formula is C18H21NS. The van der Waals surface area contributed by atoms with Gasteiger partial charge in [0.15, 0.2) is 0 Å². The highest BCUT2D eigenvalue weighted by Gasteiger charge is 2.18. The second-order valence-corrected chi connectivity index (χ2v) is 6.59. The van der Waals surface area contributed by atoms with Gasteiger partial charge in [-0.2, -0.15) is 0 Å². The number of hydrogen-bond acceptors (Lipinski definition) is 2. The van der Waals surface area contributed by atoms with Gasteiger partial charge in [-0.05, 0) is 48.3 Å². The Kier molecular flexibility index (Phi) is 4.31. The monoisotopic (exact) mass is 283 g/mol. The molecule has 2 aromatic rings. The van der Waals surface area contributed by atoms with E-state index in [1.54, 1.807) is 0 Å². The van der Waals surface area contributed by atoms with Crippen LogP contribution in [0.5, 0.6) is 0 Å². The van der Waals surface area contributed by atoms with Gasteiger partial charge in [0, 0.05) is 16.6 Å². The fraction of sp³-hybridized carbons (Fsp3) is 0.333. The molecule has 0 saturated heterocycles. The minimum atomic E-state index is 0.559. The van der Waals surface area contributed by atoms with Crippen molar-refractivity contribution in [3.63, 3.8) is 0 Å². The van der Waals surface area contributed by atoms with Crippen molar-refractivity contribution in [2.45, 2.75) is 37.1 Å². The molecule has 2 heteroatoms. The van der Waals surface area contributed by atoms with Crippen molar-refractivity contribution in [3.05, 3.63) is 59.7 Å². The van der Waals surface area contributed by atoms with Crippen LogP contribution in [0.4, 0.5) is 5.69 Å². The Morgan fingerprint density at radius 1 is 1.05 bits per heavy atom. The van der Waals surface area contributed by atoms with Crippen molar-refractivity contribution in [2.75, 3.05) is 11.1 Å². The standard InChI is InChI=1S/C18H21NS/c1-2-20-18-10-6-5-9-17(18)19-16-12-11-14-7-3-4-8-15(14)13-16/h3-10,16,19H,2,11-13H2,1H3. The number of rotatable bonds is 4. The van der Waals surface area contributed by atoms with Gasteiger partial charge < -0.3 is 5.32 Å². The zero-order chi connectivity index (χ0) is 13.8. The zero-order valence-electron chi connectivity index (χ0n) is 11.9. The molecule has 104 valence electrons. The molecule has 0 fully saturated rings. The molecule has 1 nitrogen and oxygen atoms in total. The number of aryl methyl sites for hydroxylation is 1. The van der Waals surface area contributed by atoms with Gasteiger partial charge in [-0.3, -0.25) is 0 Å². The fourth-order valence-electron chi connectivity index (χ4n) is 2.91. The van der Waals surface area contributed by atoms with E-state index < -0.39 is 0 Å².